The van der Waals surface area contributed by atoms with Crippen LogP contribution >= 0.6 is 0 Å². The normalized spacial score (nSPS) is 15.7. The van der Waals surface area contributed by atoms with Gasteiger partial charge in [0.1, 0.15) is 11.6 Å². The van der Waals surface area contributed by atoms with Crippen molar-refractivity contribution in [3.63, 3.8) is 0 Å². The summed E-state index contributed by atoms with van der Waals surface area (Å²) >= 11 is 0. The smallest absolute Gasteiger partial charge is 0.224 e. The number of nitrogens with zero attached hydrogens (tertiary/aromatic N) is 4. The predicted octanol–water partition coefficient (Wildman–Crippen LogP) is 4.73. The Labute approximate surface area is 173 Å². The molecule has 3 aromatic rings. The molecule has 0 saturated carbocycles. The second kappa shape index (κ2) is 8.10. The topological polar surface area (TPSA) is 58.5 Å². The van der Waals surface area contributed by atoms with Crippen molar-refractivity contribution in [2.75, 3.05) is 11.9 Å². The number of anilines is 1. The Kier molecular flexibility index (Phi) is 5.35. The van der Waals surface area contributed by atoms with Gasteiger partial charge in [0.2, 0.25) is 5.91 Å². The lowest BCUT2D eigenvalue weighted by atomic mass is 10.0. The van der Waals surface area contributed by atoms with Crippen LogP contribution in [-0.4, -0.2) is 28.9 Å². The van der Waals surface area contributed by atoms with Crippen molar-refractivity contribution < 1.29 is 13.6 Å². The quantitative estimate of drug-likeness (QED) is 0.629. The van der Waals surface area contributed by atoms with Gasteiger partial charge in [0.05, 0.1) is 17.3 Å². The van der Waals surface area contributed by atoms with Crippen molar-refractivity contribution in [3.8, 4) is 11.3 Å². The van der Waals surface area contributed by atoms with Gasteiger partial charge in [-0.15, -0.1) is 10.2 Å². The van der Waals surface area contributed by atoms with Crippen molar-refractivity contribution in [1.82, 2.24) is 10.2 Å². The number of carbonyl (C=O) groups is 1. The number of aromatic nitrogens is 2. The Morgan fingerprint density at radius 1 is 1.00 bits per heavy atom. The zero-order chi connectivity index (χ0) is 21.3. The van der Waals surface area contributed by atoms with Crippen molar-refractivity contribution in [3.05, 3.63) is 77.4 Å². The molecule has 1 aromatic heterocycles. The summed E-state index contributed by atoms with van der Waals surface area (Å²) in [5, 5.41) is 8.29. The van der Waals surface area contributed by atoms with Crippen molar-refractivity contribution >= 4 is 17.4 Å². The number of hydrogen-bond donors (Lipinski definition) is 0. The first-order chi connectivity index (χ1) is 14.4. The molecule has 1 atom stereocenters. The van der Waals surface area contributed by atoms with Crippen LogP contribution in [0.3, 0.4) is 0 Å². The molecule has 7 heteroatoms. The minimum atomic E-state index is -0.581. The molecule has 0 radical (unpaired) electrons. The molecule has 0 fully saturated rings. The Balaban J connectivity index is 1.53. The summed E-state index contributed by atoms with van der Waals surface area (Å²) in [4.78, 5) is 17.4. The van der Waals surface area contributed by atoms with E-state index in [-0.39, 0.29) is 17.5 Å². The molecule has 1 unspecified atom stereocenters. The second-order valence-electron chi connectivity index (χ2n) is 7.20. The van der Waals surface area contributed by atoms with Gasteiger partial charge >= 0.3 is 0 Å². The average molecular weight is 406 g/mol. The van der Waals surface area contributed by atoms with Crippen molar-refractivity contribution in [2.24, 2.45) is 4.99 Å². The molecule has 0 N–H and O–H groups in total. The monoisotopic (exact) mass is 406 g/mol. The lowest BCUT2D eigenvalue weighted by Crippen LogP contribution is -2.24. The maximum atomic E-state index is 14.0. The maximum Gasteiger partial charge on any atom is 0.224 e. The molecule has 1 aliphatic heterocycles. The standard InChI is InChI=1S/C23H20F2N4O/c1-14(30)29(2)22-13-12-20(27-28-22)16-8-6-15(7-9-16)19-10-11-21(26-19)23-17(24)4-3-5-18(23)25/h3-9,12-13,19H,10-11H2,1-2H3. The van der Waals surface area contributed by atoms with Crippen LogP contribution in [0.2, 0.25) is 0 Å². The molecule has 4 rings (SSSR count). The number of benzene rings is 2. The summed E-state index contributed by atoms with van der Waals surface area (Å²) < 4.78 is 28.1. The Bertz CT molecular complexity index is 1090. The minimum absolute atomic E-state index is 0.0255. The van der Waals surface area contributed by atoms with Crippen LogP contribution < -0.4 is 4.90 Å². The van der Waals surface area contributed by atoms with Crippen LogP contribution in [0, 0.1) is 11.6 Å². The summed E-state index contributed by atoms with van der Waals surface area (Å²) in [6, 6.07) is 15.0. The van der Waals surface area contributed by atoms with E-state index < -0.39 is 11.6 Å². The fraction of sp³-hybridized carbons (Fsp3) is 0.217. The third-order valence-corrected chi connectivity index (χ3v) is 5.28. The highest BCUT2D eigenvalue weighted by Crippen LogP contribution is 2.33. The van der Waals surface area contributed by atoms with Gasteiger partial charge < -0.3 is 0 Å². The van der Waals surface area contributed by atoms with Gasteiger partial charge in [-0.3, -0.25) is 14.7 Å². The number of hydrogen-bond acceptors (Lipinski definition) is 4. The van der Waals surface area contributed by atoms with Gasteiger partial charge in [-0.1, -0.05) is 30.3 Å². The van der Waals surface area contributed by atoms with Crippen LogP contribution in [0.4, 0.5) is 14.6 Å². The lowest BCUT2D eigenvalue weighted by molar-refractivity contribution is -0.116. The van der Waals surface area contributed by atoms with Crippen LogP contribution in [0.25, 0.3) is 11.3 Å². The molecule has 0 saturated heterocycles. The molecule has 0 aliphatic carbocycles. The van der Waals surface area contributed by atoms with E-state index in [1.807, 2.05) is 30.3 Å². The highest BCUT2D eigenvalue weighted by atomic mass is 19.1. The summed E-state index contributed by atoms with van der Waals surface area (Å²) in [5.41, 5.74) is 2.99. The number of rotatable bonds is 4. The van der Waals surface area contributed by atoms with Gasteiger partial charge in [0.25, 0.3) is 0 Å². The van der Waals surface area contributed by atoms with Crippen molar-refractivity contribution in [1.29, 1.82) is 0 Å². The van der Waals surface area contributed by atoms with E-state index >= 15 is 0 Å². The Morgan fingerprint density at radius 2 is 1.70 bits per heavy atom. The van der Waals surface area contributed by atoms with Crippen LogP contribution in [0.5, 0.6) is 0 Å². The molecular weight excluding hydrogens is 386 g/mol. The largest absolute Gasteiger partial charge is 0.299 e. The van der Waals surface area contributed by atoms with Crippen LogP contribution in [0.15, 0.2) is 59.6 Å². The molecular formula is C23H20F2N4O. The number of aliphatic imine (C=N–C) groups is 1. The molecule has 2 aromatic carbocycles. The molecule has 1 aliphatic rings. The van der Waals surface area contributed by atoms with E-state index in [1.165, 1.54) is 30.0 Å². The lowest BCUT2D eigenvalue weighted by Gasteiger charge is -2.13. The van der Waals surface area contributed by atoms with E-state index in [0.29, 0.717) is 30.1 Å². The van der Waals surface area contributed by atoms with Crippen LogP contribution in [0.1, 0.15) is 36.9 Å². The molecule has 0 bridgehead atoms. The molecule has 30 heavy (non-hydrogen) atoms. The number of halogens is 2. The summed E-state index contributed by atoms with van der Waals surface area (Å²) in [7, 11) is 1.64. The molecule has 5 nitrogen and oxygen atoms in total. The third kappa shape index (κ3) is 3.83. The first kappa shape index (κ1) is 19.8. The maximum absolute atomic E-state index is 14.0. The van der Waals surface area contributed by atoms with E-state index in [0.717, 1.165) is 11.1 Å². The zero-order valence-corrected chi connectivity index (χ0v) is 16.6. The third-order valence-electron chi connectivity index (χ3n) is 5.28. The van der Waals surface area contributed by atoms with E-state index in [9.17, 15) is 13.6 Å². The first-order valence-corrected chi connectivity index (χ1v) is 9.63. The first-order valence-electron chi connectivity index (χ1n) is 9.63. The predicted molar refractivity (Wildman–Crippen MR) is 111 cm³/mol. The SMILES string of the molecule is CC(=O)N(C)c1ccc(-c2ccc(C3CCC(c4c(F)cccc4F)=N3)cc2)nn1. The van der Waals surface area contributed by atoms with Crippen molar-refractivity contribution in [2.45, 2.75) is 25.8 Å². The van der Waals surface area contributed by atoms with E-state index in [1.54, 1.807) is 13.1 Å². The molecule has 152 valence electrons. The number of carbonyl (C=O) groups excluding carboxylic acids is 1. The highest BCUT2D eigenvalue weighted by Gasteiger charge is 2.24. The fourth-order valence-corrected chi connectivity index (χ4v) is 3.49. The summed E-state index contributed by atoms with van der Waals surface area (Å²) in [6.07, 6.45) is 1.23. The fourth-order valence-electron chi connectivity index (χ4n) is 3.49. The van der Waals surface area contributed by atoms with Crippen LogP contribution in [-0.2, 0) is 4.79 Å². The molecule has 2 heterocycles. The average Bonchev–Trinajstić information content (AvgIpc) is 3.23. The summed E-state index contributed by atoms with van der Waals surface area (Å²) in [5.74, 6) is -0.798. The van der Waals surface area contributed by atoms with Gasteiger partial charge in [0.15, 0.2) is 5.82 Å². The molecule has 1 amide bonds. The highest BCUT2D eigenvalue weighted by molar-refractivity contribution is 6.02. The van der Waals surface area contributed by atoms with Gasteiger partial charge in [-0.2, -0.15) is 0 Å². The minimum Gasteiger partial charge on any atom is -0.299 e. The summed E-state index contributed by atoms with van der Waals surface area (Å²) in [6.45, 7) is 1.46. The van der Waals surface area contributed by atoms with E-state index in [2.05, 4.69) is 15.2 Å². The van der Waals surface area contributed by atoms with E-state index in [4.69, 9.17) is 0 Å². The van der Waals surface area contributed by atoms with Gasteiger partial charge in [0, 0.05) is 25.2 Å². The van der Waals surface area contributed by atoms with Gasteiger partial charge in [-0.25, -0.2) is 8.78 Å². The number of amides is 1. The molecule has 0 spiro atoms. The zero-order valence-electron chi connectivity index (χ0n) is 16.6. The van der Waals surface area contributed by atoms with Gasteiger partial charge in [-0.05, 0) is 42.7 Å². The Hall–Kier alpha value is -3.48. The second-order valence-corrected chi connectivity index (χ2v) is 7.20. The Morgan fingerprint density at radius 3 is 2.30 bits per heavy atom.